The molecule has 1 nitrogen and oxygen atoms in total. The molecule has 0 N–H and O–H groups in total. The van der Waals surface area contributed by atoms with Crippen molar-refractivity contribution in [1.29, 1.82) is 0 Å². The van der Waals surface area contributed by atoms with E-state index in [1.165, 1.54) is 49.7 Å². The van der Waals surface area contributed by atoms with Gasteiger partial charge in [0.05, 0.1) is 6.61 Å². The third-order valence-electron chi connectivity index (χ3n) is 5.19. The van der Waals surface area contributed by atoms with E-state index in [1.807, 2.05) is 6.08 Å². The molecule has 132 valence electrons. The second-order valence-corrected chi connectivity index (χ2v) is 7.15. The number of ether oxygens (including phenoxy) is 1. The Morgan fingerprint density at radius 1 is 1.08 bits per heavy atom. The zero-order chi connectivity index (χ0) is 17.0. The maximum atomic E-state index is 5.69. The minimum atomic E-state index is 0.729. The van der Waals surface area contributed by atoms with Crippen molar-refractivity contribution in [3.05, 3.63) is 60.2 Å². The summed E-state index contributed by atoms with van der Waals surface area (Å²) in [4.78, 5) is 0. The van der Waals surface area contributed by atoms with Gasteiger partial charge in [0.25, 0.3) is 0 Å². The van der Waals surface area contributed by atoms with E-state index in [2.05, 4.69) is 49.9 Å². The highest BCUT2D eigenvalue weighted by Crippen LogP contribution is 2.32. The first-order valence-corrected chi connectivity index (χ1v) is 9.71. The van der Waals surface area contributed by atoms with E-state index in [0.29, 0.717) is 0 Å². The van der Waals surface area contributed by atoms with Gasteiger partial charge in [0.2, 0.25) is 0 Å². The second-order valence-electron chi connectivity index (χ2n) is 7.15. The van der Waals surface area contributed by atoms with E-state index in [-0.39, 0.29) is 0 Å². The fraction of sp³-hybridized carbons (Fsp3) is 0.565. The SMILES string of the molecule is C=CCCCOCc1ccc(CCC2CCC(/C=C\C)CC2)cc1. The van der Waals surface area contributed by atoms with E-state index in [0.717, 1.165) is 37.9 Å². The minimum absolute atomic E-state index is 0.729. The van der Waals surface area contributed by atoms with Crippen molar-refractivity contribution in [2.45, 2.75) is 64.9 Å². The highest BCUT2D eigenvalue weighted by Gasteiger charge is 2.18. The summed E-state index contributed by atoms with van der Waals surface area (Å²) in [5.41, 5.74) is 2.75. The molecule has 0 unspecified atom stereocenters. The van der Waals surface area contributed by atoms with E-state index < -0.39 is 0 Å². The van der Waals surface area contributed by atoms with E-state index >= 15 is 0 Å². The zero-order valence-electron chi connectivity index (χ0n) is 15.4. The van der Waals surface area contributed by atoms with Crippen molar-refractivity contribution < 1.29 is 4.74 Å². The van der Waals surface area contributed by atoms with Gasteiger partial charge in [0.1, 0.15) is 0 Å². The lowest BCUT2D eigenvalue weighted by molar-refractivity contribution is 0.119. The van der Waals surface area contributed by atoms with Crippen LogP contribution in [0.3, 0.4) is 0 Å². The van der Waals surface area contributed by atoms with Gasteiger partial charge >= 0.3 is 0 Å². The van der Waals surface area contributed by atoms with Crippen LogP contribution in [0.4, 0.5) is 0 Å². The lowest BCUT2D eigenvalue weighted by Crippen LogP contribution is -2.13. The average molecular weight is 327 g/mol. The van der Waals surface area contributed by atoms with Gasteiger partial charge in [-0.15, -0.1) is 6.58 Å². The molecule has 1 saturated carbocycles. The molecule has 0 heterocycles. The highest BCUT2D eigenvalue weighted by molar-refractivity contribution is 5.22. The Balaban J connectivity index is 1.64. The van der Waals surface area contributed by atoms with Crippen LogP contribution in [-0.2, 0) is 17.8 Å². The van der Waals surface area contributed by atoms with E-state index in [9.17, 15) is 0 Å². The van der Waals surface area contributed by atoms with E-state index in [1.54, 1.807) is 0 Å². The first-order valence-electron chi connectivity index (χ1n) is 9.71. The standard InChI is InChI=1S/C23H34O/c1-3-5-6-18-24-19-23-16-14-22(15-17-23)13-12-21-10-8-20(7-4-2)9-11-21/h3-4,7,14-17,20-21H,1,5-6,8-13,18-19H2,2H3/b7-4-. The predicted molar refractivity (Wildman–Crippen MR) is 104 cm³/mol. The molecule has 0 radical (unpaired) electrons. The molecule has 0 spiro atoms. The van der Waals surface area contributed by atoms with Crippen LogP contribution in [0.1, 0.15) is 63.0 Å². The van der Waals surface area contributed by atoms with Gasteiger partial charge in [-0.05, 0) is 81.3 Å². The molecule has 2 rings (SSSR count). The van der Waals surface area contributed by atoms with Crippen LogP contribution < -0.4 is 0 Å². The Bertz CT molecular complexity index is 477. The molecular formula is C23H34O. The molecule has 1 aromatic rings. The predicted octanol–water partition coefficient (Wildman–Crippen LogP) is 6.48. The van der Waals surface area contributed by atoms with Crippen LogP contribution in [0.5, 0.6) is 0 Å². The normalized spacial score (nSPS) is 21.2. The third kappa shape index (κ3) is 7.05. The van der Waals surface area contributed by atoms with Gasteiger partial charge in [-0.3, -0.25) is 0 Å². The molecule has 0 saturated heterocycles. The molecule has 0 aromatic heterocycles. The maximum Gasteiger partial charge on any atom is 0.0716 e. The Morgan fingerprint density at radius 2 is 1.79 bits per heavy atom. The van der Waals surface area contributed by atoms with Crippen molar-refractivity contribution in [2.75, 3.05) is 6.61 Å². The largest absolute Gasteiger partial charge is 0.377 e. The van der Waals surface area contributed by atoms with Gasteiger partial charge in [-0.25, -0.2) is 0 Å². The first kappa shape index (κ1) is 19.0. The molecule has 0 amide bonds. The van der Waals surface area contributed by atoms with Gasteiger partial charge in [0.15, 0.2) is 0 Å². The van der Waals surface area contributed by atoms with Gasteiger partial charge in [0, 0.05) is 6.61 Å². The lowest BCUT2D eigenvalue weighted by Gasteiger charge is -2.26. The number of hydrogen-bond acceptors (Lipinski definition) is 1. The molecule has 24 heavy (non-hydrogen) atoms. The number of unbranched alkanes of at least 4 members (excludes halogenated alkanes) is 1. The average Bonchev–Trinajstić information content (AvgIpc) is 2.62. The highest BCUT2D eigenvalue weighted by atomic mass is 16.5. The summed E-state index contributed by atoms with van der Waals surface area (Å²) in [6.07, 6.45) is 16.8. The number of benzene rings is 1. The molecular weight excluding hydrogens is 292 g/mol. The summed E-state index contributed by atoms with van der Waals surface area (Å²) in [6.45, 7) is 7.42. The Hall–Kier alpha value is -1.34. The molecule has 0 aliphatic heterocycles. The van der Waals surface area contributed by atoms with Crippen molar-refractivity contribution in [1.82, 2.24) is 0 Å². The maximum absolute atomic E-state index is 5.69. The fourth-order valence-electron chi connectivity index (χ4n) is 3.63. The minimum Gasteiger partial charge on any atom is -0.377 e. The summed E-state index contributed by atoms with van der Waals surface area (Å²) >= 11 is 0. The third-order valence-corrected chi connectivity index (χ3v) is 5.19. The van der Waals surface area contributed by atoms with Gasteiger partial charge in [-0.1, -0.05) is 42.5 Å². The zero-order valence-corrected chi connectivity index (χ0v) is 15.4. The van der Waals surface area contributed by atoms with Crippen LogP contribution in [0.25, 0.3) is 0 Å². The molecule has 1 aromatic carbocycles. The van der Waals surface area contributed by atoms with Crippen LogP contribution in [0.15, 0.2) is 49.1 Å². The monoisotopic (exact) mass is 326 g/mol. The van der Waals surface area contributed by atoms with Crippen LogP contribution in [0.2, 0.25) is 0 Å². The van der Waals surface area contributed by atoms with Crippen molar-refractivity contribution in [3.63, 3.8) is 0 Å². The summed E-state index contributed by atoms with van der Waals surface area (Å²) in [5, 5.41) is 0. The topological polar surface area (TPSA) is 9.23 Å². The number of allylic oxidation sites excluding steroid dienone is 3. The Kier molecular flexibility index (Phi) is 8.91. The summed E-state index contributed by atoms with van der Waals surface area (Å²) in [6, 6.07) is 9.03. The molecule has 1 heteroatoms. The van der Waals surface area contributed by atoms with Crippen LogP contribution in [0, 0.1) is 11.8 Å². The number of aryl methyl sites for hydroxylation is 1. The van der Waals surface area contributed by atoms with Crippen LogP contribution >= 0.6 is 0 Å². The summed E-state index contributed by atoms with van der Waals surface area (Å²) < 4.78 is 5.69. The summed E-state index contributed by atoms with van der Waals surface area (Å²) in [5.74, 6) is 1.77. The molecule has 1 fully saturated rings. The van der Waals surface area contributed by atoms with Crippen molar-refractivity contribution in [3.8, 4) is 0 Å². The summed E-state index contributed by atoms with van der Waals surface area (Å²) in [7, 11) is 0. The van der Waals surface area contributed by atoms with Crippen LogP contribution in [-0.4, -0.2) is 6.61 Å². The quantitative estimate of drug-likeness (QED) is 0.353. The Labute approximate surface area is 148 Å². The number of hydrogen-bond donors (Lipinski definition) is 0. The van der Waals surface area contributed by atoms with Crippen molar-refractivity contribution in [2.24, 2.45) is 11.8 Å². The molecule has 0 atom stereocenters. The lowest BCUT2D eigenvalue weighted by atomic mass is 9.79. The molecule has 0 bridgehead atoms. The molecule has 1 aliphatic carbocycles. The second kappa shape index (κ2) is 11.3. The molecule has 1 aliphatic rings. The Morgan fingerprint density at radius 3 is 2.46 bits per heavy atom. The smallest absolute Gasteiger partial charge is 0.0716 e. The number of rotatable bonds is 10. The van der Waals surface area contributed by atoms with Gasteiger partial charge < -0.3 is 4.74 Å². The fourth-order valence-corrected chi connectivity index (χ4v) is 3.63. The van der Waals surface area contributed by atoms with E-state index in [4.69, 9.17) is 4.74 Å². The van der Waals surface area contributed by atoms with Crippen molar-refractivity contribution >= 4 is 0 Å². The first-order chi connectivity index (χ1) is 11.8. The van der Waals surface area contributed by atoms with Gasteiger partial charge in [-0.2, -0.15) is 0 Å².